The van der Waals surface area contributed by atoms with E-state index in [0.717, 1.165) is 13.1 Å². The van der Waals surface area contributed by atoms with E-state index >= 15 is 0 Å². The molecule has 0 saturated heterocycles. The van der Waals surface area contributed by atoms with Gasteiger partial charge in [0, 0.05) is 17.6 Å². The van der Waals surface area contributed by atoms with Crippen molar-refractivity contribution in [2.45, 2.75) is 33.2 Å². The maximum atomic E-state index is 4.33. The van der Waals surface area contributed by atoms with E-state index in [1.54, 1.807) is 0 Å². The van der Waals surface area contributed by atoms with E-state index in [-0.39, 0.29) is 0 Å². The Morgan fingerprint density at radius 3 is 2.83 bits per heavy atom. The summed E-state index contributed by atoms with van der Waals surface area (Å²) in [5, 5.41) is 4.46. The third-order valence-electron chi connectivity index (χ3n) is 1.67. The van der Waals surface area contributed by atoms with Crippen molar-refractivity contribution in [2.24, 2.45) is 0 Å². The molecule has 0 radical (unpaired) electrons. The molecule has 0 aliphatic rings. The summed E-state index contributed by atoms with van der Waals surface area (Å²) < 4.78 is 0. The Bertz CT molecular complexity index is 230. The fourth-order valence-corrected chi connectivity index (χ4v) is 1.80. The van der Waals surface area contributed by atoms with Crippen molar-refractivity contribution in [3.63, 3.8) is 0 Å². The Morgan fingerprint density at radius 2 is 2.33 bits per heavy atom. The zero-order valence-corrected chi connectivity index (χ0v) is 8.74. The lowest BCUT2D eigenvalue weighted by atomic mass is 10.2. The number of rotatable bonds is 4. The lowest BCUT2D eigenvalue weighted by Crippen LogP contribution is -2.11. The number of nitrogens with zero attached hydrogens (tertiary/aromatic N) is 1. The first kappa shape index (κ1) is 9.68. The maximum Gasteiger partial charge on any atom is 0.107 e. The van der Waals surface area contributed by atoms with E-state index in [9.17, 15) is 0 Å². The molecule has 1 N–H and O–H groups in total. The number of hydrogen-bond acceptors (Lipinski definition) is 3. The fraction of sp³-hybridized carbons (Fsp3) is 0.667. The first-order chi connectivity index (χ1) is 5.74. The largest absolute Gasteiger partial charge is 0.311 e. The van der Waals surface area contributed by atoms with Crippen molar-refractivity contribution in [1.29, 1.82) is 0 Å². The monoisotopic (exact) mass is 184 g/mol. The second-order valence-electron chi connectivity index (χ2n) is 3.09. The van der Waals surface area contributed by atoms with Crippen LogP contribution < -0.4 is 5.32 Å². The van der Waals surface area contributed by atoms with E-state index in [2.05, 4.69) is 31.1 Å². The van der Waals surface area contributed by atoms with E-state index in [0.29, 0.717) is 5.92 Å². The molecule has 0 bridgehead atoms. The van der Waals surface area contributed by atoms with Gasteiger partial charge in [-0.25, -0.2) is 4.98 Å². The van der Waals surface area contributed by atoms with Crippen molar-refractivity contribution in [2.75, 3.05) is 6.54 Å². The zero-order valence-electron chi connectivity index (χ0n) is 7.92. The highest BCUT2D eigenvalue weighted by atomic mass is 32.1. The summed E-state index contributed by atoms with van der Waals surface area (Å²) in [4.78, 5) is 5.71. The molecule has 0 spiro atoms. The van der Waals surface area contributed by atoms with E-state index < -0.39 is 0 Å². The summed E-state index contributed by atoms with van der Waals surface area (Å²) in [6, 6.07) is 0. The van der Waals surface area contributed by atoms with Gasteiger partial charge >= 0.3 is 0 Å². The average molecular weight is 184 g/mol. The first-order valence-electron chi connectivity index (χ1n) is 4.39. The van der Waals surface area contributed by atoms with Crippen LogP contribution in [0.3, 0.4) is 0 Å². The molecule has 0 fully saturated rings. The van der Waals surface area contributed by atoms with Gasteiger partial charge in [0.15, 0.2) is 0 Å². The van der Waals surface area contributed by atoms with Crippen LogP contribution in [-0.2, 0) is 6.54 Å². The van der Waals surface area contributed by atoms with Crippen LogP contribution >= 0.6 is 11.3 Å². The standard InChI is InChI=1S/C9H16N2S/c1-4-10-6-9-11-5-8(12-9)7(2)3/h5,7,10H,4,6H2,1-3H3. The normalized spacial score (nSPS) is 11.0. The van der Waals surface area contributed by atoms with Crippen LogP contribution in [0.1, 0.15) is 36.6 Å². The summed E-state index contributed by atoms with van der Waals surface area (Å²) in [6.45, 7) is 8.43. The van der Waals surface area contributed by atoms with Gasteiger partial charge in [-0.1, -0.05) is 20.8 Å². The fourth-order valence-electron chi connectivity index (χ4n) is 0.905. The lowest BCUT2D eigenvalue weighted by molar-refractivity contribution is 0.722. The molecule has 0 aliphatic heterocycles. The highest BCUT2D eigenvalue weighted by Gasteiger charge is 2.03. The van der Waals surface area contributed by atoms with Crippen LogP contribution in [0, 0.1) is 0 Å². The minimum atomic E-state index is 0.609. The minimum absolute atomic E-state index is 0.609. The average Bonchev–Trinajstić information content (AvgIpc) is 2.48. The summed E-state index contributed by atoms with van der Waals surface area (Å²) in [5.74, 6) is 0.609. The number of aromatic nitrogens is 1. The second-order valence-corrected chi connectivity index (χ2v) is 4.24. The molecule has 1 rings (SSSR count). The highest BCUT2D eigenvalue weighted by molar-refractivity contribution is 7.11. The number of thiazole rings is 1. The van der Waals surface area contributed by atoms with Gasteiger partial charge in [0.1, 0.15) is 5.01 Å². The van der Waals surface area contributed by atoms with Crippen LogP contribution in [0.15, 0.2) is 6.20 Å². The predicted molar refractivity (Wildman–Crippen MR) is 53.6 cm³/mol. The molecular weight excluding hydrogens is 168 g/mol. The van der Waals surface area contributed by atoms with Gasteiger partial charge in [-0.3, -0.25) is 0 Å². The van der Waals surface area contributed by atoms with Crippen LogP contribution in [0.25, 0.3) is 0 Å². The van der Waals surface area contributed by atoms with Crippen molar-refractivity contribution < 1.29 is 0 Å². The molecule has 0 saturated carbocycles. The van der Waals surface area contributed by atoms with Gasteiger partial charge in [0.2, 0.25) is 0 Å². The van der Waals surface area contributed by atoms with Crippen molar-refractivity contribution >= 4 is 11.3 Å². The Kier molecular flexibility index (Phi) is 3.69. The summed E-state index contributed by atoms with van der Waals surface area (Å²) in [5.41, 5.74) is 0. The van der Waals surface area contributed by atoms with E-state index in [1.165, 1.54) is 9.88 Å². The zero-order chi connectivity index (χ0) is 8.97. The summed E-state index contributed by atoms with van der Waals surface area (Å²) in [7, 11) is 0. The maximum absolute atomic E-state index is 4.33. The Morgan fingerprint density at radius 1 is 1.58 bits per heavy atom. The van der Waals surface area contributed by atoms with Crippen molar-refractivity contribution in [1.82, 2.24) is 10.3 Å². The van der Waals surface area contributed by atoms with Gasteiger partial charge in [-0.15, -0.1) is 11.3 Å². The molecule has 2 nitrogen and oxygen atoms in total. The Hall–Kier alpha value is -0.410. The molecule has 0 amide bonds. The molecular formula is C9H16N2S. The molecule has 0 atom stereocenters. The van der Waals surface area contributed by atoms with Crippen molar-refractivity contribution in [3.05, 3.63) is 16.1 Å². The van der Waals surface area contributed by atoms with E-state index in [1.807, 2.05) is 17.5 Å². The lowest BCUT2D eigenvalue weighted by Gasteiger charge is -1.97. The summed E-state index contributed by atoms with van der Waals surface area (Å²) >= 11 is 1.81. The third kappa shape index (κ3) is 2.57. The smallest absolute Gasteiger partial charge is 0.107 e. The number of nitrogens with one attached hydrogen (secondary N) is 1. The molecule has 12 heavy (non-hydrogen) atoms. The molecule has 68 valence electrons. The first-order valence-corrected chi connectivity index (χ1v) is 5.21. The van der Waals surface area contributed by atoms with Gasteiger partial charge in [0.05, 0.1) is 0 Å². The molecule has 0 unspecified atom stereocenters. The quantitative estimate of drug-likeness (QED) is 0.777. The van der Waals surface area contributed by atoms with Gasteiger partial charge in [0.25, 0.3) is 0 Å². The highest BCUT2D eigenvalue weighted by Crippen LogP contribution is 2.21. The van der Waals surface area contributed by atoms with Gasteiger partial charge in [-0.2, -0.15) is 0 Å². The van der Waals surface area contributed by atoms with E-state index in [4.69, 9.17) is 0 Å². The van der Waals surface area contributed by atoms with Crippen LogP contribution in [0.4, 0.5) is 0 Å². The molecule has 1 aromatic heterocycles. The molecule has 3 heteroatoms. The molecule has 1 heterocycles. The molecule has 0 aliphatic carbocycles. The molecule has 0 aromatic carbocycles. The predicted octanol–water partition coefficient (Wildman–Crippen LogP) is 2.38. The molecule has 1 aromatic rings. The van der Waals surface area contributed by atoms with Crippen LogP contribution in [0.5, 0.6) is 0 Å². The van der Waals surface area contributed by atoms with Gasteiger partial charge < -0.3 is 5.32 Å². The Labute approximate surface area is 78.0 Å². The Balaban J connectivity index is 2.52. The van der Waals surface area contributed by atoms with Crippen LogP contribution in [-0.4, -0.2) is 11.5 Å². The van der Waals surface area contributed by atoms with Crippen LogP contribution in [0.2, 0.25) is 0 Å². The summed E-state index contributed by atoms with van der Waals surface area (Å²) in [6.07, 6.45) is 1.99. The second kappa shape index (κ2) is 4.58. The van der Waals surface area contributed by atoms with Gasteiger partial charge in [-0.05, 0) is 12.5 Å². The topological polar surface area (TPSA) is 24.9 Å². The minimum Gasteiger partial charge on any atom is -0.311 e. The number of hydrogen-bond donors (Lipinski definition) is 1. The third-order valence-corrected chi connectivity index (χ3v) is 2.96. The van der Waals surface area contributed by atoms with Crippen molar-refractivity contribution in [3.8, 4) is 0 Å². The SMILES string of the molecule is CCNCc1ncc(C(C)C)s1.